The van der Waals surface area contributed by atoms with Gasteiger partial charge in [-0.1, -0.05) is 105 Å². The highest BCUT2D eigenvalue weighted by atomic mass is 32.2. The van der Waals surface area contributed by atoms with Crippen LogP contribution in [-0.4, -0.2) is 62.4 Å². The number of hydrogen-bond acceptors (Lipinski definition) is 6. The predicted octanol–water partition coefficient (Wildman–Crippen LogP) is 4.60. The Morgan fingerprint density at radius 3 is 2.12 bits per heavy atom. The Balaban J connectivity index is 1.68. The van der Waals surface area contributed by atoms with Crippen molar-refractivity contribution < 1.29 is 28.2 Å². The normalized spacial score (nSPS) is 18.3. The van der Waals surface area contributed by atoms with Gasteiger partial charge in [0.1, 0.15) is 11.0 Å². The molecule has 1 heterocycles. The number of sulfone groups is 1. The van der Waals surface area contributed by atoms with Crippen molar-refractivity contribution in [2.45, 2.75) is 56.9 Å². The summed E-state index contributed by atoms with van der Waals surface area (Å²) in [5.41, 5.74) is 2.72. The average molecular weight is 607 g/mol. The summed E-state index contributed by atoms with van der Waals surface area (Å²) in [6.07, 6.45) is 1.69. The third-order valence-corrected chi connectivity index (χ3v) is 15.1. The number of phenols is 1. The van der Waals surface area contributed by atoms with Gasteiger partial charge in [-0.05, 0) is 64.0 Å². The molecule has 0 radical (unpaired) electrons. The van der Waals surface area contributed by atoms with Crippen LogP contribution in [0.15, 0.2) is 102 Å². The van der Waals surface area contributed by atoms with Crippen LogP contribution in [0, 0.1) is 0 Å². The van der Waals surface area contributed by atoms with Crippen molar-refractivity contribution in [1.29, 1.82) is 0 Å². The summed E-state index contributed by atoms with van der Waals surface area (Å²) in [5.74, 6) is -0.0739. The fraction of sp³-hybridized carbons (Fsp3) is 0.353. The van der Waals surface area contributed by atoms with E-state index in [1.807, 2.05) is 55.5 Å². The number of phenolic OH excluding ortho intramolecular Hbond substituents is 1. The zero-order chi connectivity index (χ0) is 30.5. The average Bonchev–Trinajstić information content (AvgIpc) is 3.21. The van der Waals surface area contributed by atoms with Gasteiger partial charge in [-0.3, -0.25) is 0 Å². The Bertz CT molecular complexity index is 1490. The fourth-order valence-corrected chi connectivity index (χ4v) is 12.5. The molecule has 3 aromatic carbocycles. The number of hydrogen-bond donors (Lipinski definition) is 3. The molecule has 0 bridgehead atoms. The molecule has 0 aliphatic carbocycles. The molecule has 1 aliphatic rings. The summed E-state index contributed by atoms with van der Waals surface area (Å²) in [5, 5.41) is 32.0. The molecule has 3 N–H and O–H groups in total. The number of aliphatic hydroxyl groups excluding tert-OH is 2. The predicted molar refractivity (Wildman–Crippen MR) is 172 cm³/mol. The molecular weight excluding hydrogens is 565 g/mol. The van der Waals surface area contributed by atoms with Crippen LogP contribution in [0.2, 0.25) is 5.04 Å². The molecule has 0 saturated heterocycles. The largest absolute Gasteiger partial charge is 0.508 e. The minimum absolute atomic E-state index is 0.0491. The topological polar surface area (TPSA) is 104 Å². The third kappa shape index (κ3) is 6.79. The summed E-state index contributed by atoms with van der Waals surface area (Å²) in [7, 11) is -6.64. The van der Waals surface area contributed by atoms with Crippen LogP contribution in [0.25, 0.3) is 6.08 Å². The molecule has 0 spiro atoms. The van der Waals surface area contributed by atoms with E-state index in [0.717, 1.165) is 21.5 Å². The van der Waals surface area contributed by atoms with Crippen molar-refractivity contribution in [3.05, 3.63) is 107 Å². The van der Waals surface area contributed by atoms with Gasteiger partial charge in [-0.15, -0.1) is 0 Å². The van der Waals surface area contributed by atoms with E-state index in [2.05, 4.69) is 45.0 Å². The van der Waals surface area contributed by atoms with Gasteiger partial charge in [0.25, 0.3) is 8.32 Å². The molecule has 8 heteroatoms. The van der Waals surface area contributed by atoms with Crippen LogP contribution in [0.5, 0.6) is 5.75 Å². The lowest BCUT2D eigenvalue weighted by atomic mass is 9.95. The van der Waals surface area contributed by atoms with Gasteiger partial charge in [0, 0.05) is 0 Å². The van der Waals surface area contributed by atoms with Crippen molar-refractivity contribution in [3.63, 3.8) is 0 Å². The number of rotatable bonds is 11. The van der Waals surface area contributed by atoms with Gasteiger partial charge in [-0.25, -0.2) is 8.42 Å². The van der Waals surface area contributed by atoms with E-state index in [-0.39, 0.29) is 23.1 Å². The lowest BCUT2D eigenvalue weighted by molar-refractivity contribution is 0.187. The Kier molecular flexibility index (Phi) is 9.95. The number of aromatic hydroxyl groups is 1. The van der Waals surface area contributed by atoms with Gasteiger partial charge >= 0.3 is 0 Å². The van der Waals surface area contributed by atoms with E-state index >= 15 is 0 Å². The molecule has 0 saturated carbocycles. The zero-order valence-electron chi connectivity index (χ0n) is 24.8. The maximum Gasteiger partial charge on any atom is 0.261 e. The molecule has 2 atom stereocenters. The van der Waals surface area contributed by atoms with Gasteiger partial charge in [0.15, 0.2) is 9.84 Å². The van der Waals surface area contributed by atoms with E-state index in [1.54, 1.807) is 18.2 Å². The van der Waals surface area contributed by atoms with Crippen LogP contribution in [0.4, 0.5) is 0 Å². The maximum absolute atomic E-state index is 13.2. The van der Waals surface area contributed by atoms with Crippen molar-refractivity contribution in [3.8, 4) is 5.75 Å². The smallest absolute Gasteiger partial charge is 0.261 e. The van der Waals surface area contributed by atoms with E-state index in [0.29, 0.717) is 24.0 Å². The number of allylic oxidation sites excluding steroid dienone is 1. The first-order valence-electron chi connectivity index (χ1n) is 14.3. The van der Waals surface area contributed by atoms with Gasteiger partial charge in [0.2, 0.25) is 0 Å². The molecule has 0 amide bonds. The van der Waals surface area contributed by atoms with Crippen molar-refractivity contribution in [2.75, 3.05) is 19.0 Å². The second-order valence-electron chi connectivity index (χ2n) is 12.1. The lowest BCUT2D eigenvalue weighted by Crippen LogP contribution is -2.66. The summed E-state index contributed by atoms with van der Waals surface area (Å²) < 4.78 is 33.4. The zero-order valence-corrected chi connectivity index (χ0v) is 26.6. The highest BCUT2D eigenvalue weighted by Gasteiger charge is 2.51. The lowest BCUT2D eigenvalue weighted by Gasteiger charge is -2.43. The second-order valence-corrected chi connectivity index (χ2v) is 18.6. The monoisotopic (exact) mass is 606 g/mol. The molecule has 6 nitrogen and oxygen atoms in total. The Morgan fingerprint density at radius 2 is 1.60 bits per heavy atom. The summed E-state index contributed by atoms with van der Waals surface area (Å²) in [4.78, 5) is 0. The van der Waals surface area contributed by atoms with E-state index in [1.165, 1.54) is 0 Å². The fourth-order valence-electron chi connectivity index (χ4n) is 6.08. The van der Waals surface area contributed by atoms with Crippen molar-refractivity contribution in [1.82, 2.24) is 0 Å². The Hall–Kier alpha value is -3.01. The second kappa shape index (κ2) is 13.1. The molecular formula is C34H42O6SSi. The molecule has 224 valence electrons. The van der Waals surface area contributed by atoms with Crippen LogP contribution in [-0.2, 0) is 14.3 Å². The van der Waals surface area contributed by atoms with Gasteiger partial charge in [0.05, 0.1) is 25.1 Å². The van der Waals surface area contributed by atoms with Crippen LogP contribution in [0.3, 0.4) is 0 Å². The molecule has 42 heavy (non-hydrogen) atoms. The Labute approximate surface area is 251 Å². The SMILES string of the molecule is C/C(=C\c1cccc(O)c1)CC[C@@H](O)C1=C(CO[Si](c2ccccc2)(c2ccccc2)C(C)(C)C)CS(=O)(=O)[C@H]1CO. The standard InChI is InChI=1S/C34H42O6SSi/c1-25(20-26-12-11-13-28(36)21-26)18-19-31(37)33-27(24-41(38,39)32(33)22-35)23-40-42(34(2,3)4,29-14-7-5-8-15-29)30-16-9-6-10-17-30/h5-17,20-21,31-32,35-37H,18-19,22-24H2,1-4H3/b25-20+/t31-,32+/m1/s1. The van der Waals surface area contributed by atoms with E-state index in [4.69, 9.17) is 4.43 Å². The van der Waals surface area contributed by atoms with Gasteiger partial charge < -0.3 is 19.7 Å². The highest BCUT2D eigenvalue weighted by molar-refractivity contribution is 7.92. The van der Waals surface area contributed by atoms with Crippen molar-refractivity contribution in [2.24, 2.45) is 0 Å². The van der Waals surface area contributed by atoms with E-state index < -0.39 is 36.1 Å². The first-order valence-corrected chi connectivity index (χ1v) is 17.9. The van der Waals surface area contributed by atoms with Crippen LogP contribution in [0.1, 0.15) is 46.1 Å². The first kappa shape index (κ1) is 31.9. The number of benzene rings is 3. The summed E-state index contributed by atoms with van der Waals surface area (Å²) in [6, 6.07) is 27.2. The molecule has 4 rings (SSSR count). The molecule has 3 aromatic rings. The molecule has 1 aliphatic heterocycles. The molecule has 0 fully saturated rings. The molecule has 0 aromatic heterocycles. The molecule has 0 unspecified atom stereocenters. The Morgan fingerprint density at radius 1 is 1.00 bits per heavy atom. The summed E-state index contributed by atoms with van der Waals surface area (Å²) >= 11 is 0. The highest BCUT2D eigenvalue weighted by Crippen LogP contribution is 2.39. The van der Waals surface area contributed by atoms with Crippen LogP contribution >= 0.6 is 0 Å². The van der Waals surface area contributed by atoms with Gasteiger partial charge in [-0.2, -0.15) is 0 Å². The summed E-state index contributed by atoms with van der Waals surface area (Å²) in [6.45, 7) is 7.88. The maximum atomic E-state index is 13.2. The minimum atomic E-state index is -3.70. The quantitative estimate of drug-likeness (QED) is 0.218. The van der Waals surface area contributed by atoms with Crippen molar-refractivity contribution >= 4 is 34.6 Å². The number of aliphatic hydroxyl groups is 2. The minimum Gasteiger partial charge on any atom is -0.508 e. The van der Waals surface area contributed by atoms with Crippen LogP contribution < -0.4 is 10.4 Å². The first-order chi connectivity index (χ1) is 19.9. The third-order valence-electron chi connectivity index (χ3n) is 8.06. The van der Waals surface area contributed by atoms with E-state index in [9.17, 15) is 23.7 Å².